The van der Waals surface area contributed by atoms with Gasteiger partial charge in [-0.1, -0.05) is 54.6 Å². The van der Waals surface area contributed by atoms with Gasteiger partial charge in [-0.15, -0.1) is 17.9 Å². The third kappa shape index (κ3) is 4.55. The van der Waals surface area contributed by atoms with Crippen molar-refractivity contribution in [3.8, 4) is 16.9 Å². The Morgan fingerprint density at radius 1 is 1.10 bits per heavy atom. The van der Waals surface area contributed by atoms with Crippen LogP contribution >= 0.6 is 11.3 Å². The zero-order chi connectivity index (χ0) is 20.8. The van der Waals surface area contributed by atoms with Crippen LogP contribution in [-0.2, 0) is 11.2 Å². The number of carbonyl (C=O) groups is 1. The van der Waals surface area contributed by atoms with Gasteiger partial charge in [-0.3, -0.25) is 9.69 Å². The zero-order valence-corrected chi connectivity index (χ0v) is 17.3. The molecule has 0 spiro atoms. The largest absolute Gasteiger partial charge is 0.284 e. The molecule has 0 aliphatic carbocycles. The maximum atomic E-state index is 12.9. The molecule has 0 N–H and O–H groups in total. The highest BCUT2D eigenvalue weighted by Crippen LogP contribution is 2.28. The fourth-order valence-electron chi connectivity index (χ4n) is 3.14. The van der Waals surface area contributed by atoms with Gasteiger partial charge in [-0.25, -0.2) is 9.67 Å². The lowest BCUT2D eigenvalue weighted by molar-refractivity contribution is -0.118. The lowest BCUT2D eigenvalue weighted by Crippen LogP contribution is -2.31. The summed E-state index contributed by atoms with van der Waals surface area (Å²) in [6, 6.07) is 19.9. The average Bonchev–Trinajstić information content (AvgIpc) is 3.47. The minimum atomic E-state index is 0.0244. The second-order valence-corrected chi connectivity index (χ2v) is 7.64. The van der Waals surface area contributed by atoms with Gasteiger partial charge in [0.15, 0.2) is 5.13 Å². The van der Waals surface area contributed by atoms with E-state index in [2.05, 4.69) is 16.7 Å². The summed E-state index contributed by atoms with van der Waals surface area (Å²) in [4.78, 5) is 19.3. The molecule has 4 aromatic rings. The topological polar surface area (TPSA) is 51.0 Å². The van der Waals surface area contributed by atoms with Crippen molar-refractivity contribution < 1.29 is 4.79 Å². The van der Waals surface area contributed by atoms with E-state index >= 15 is 0 Å². The number of aryl methyl sites for hydroxylation is 1. The van der Waals surface area contributed by atoms with E-state index in [9.17, 15) is 4.79 Å². The molecule has 0 radical (unpaired) electrons. The summed E-state index contributed by atoms with van der Waals surface area (Å²) >= 11 is 1.47. The molecule has 0 saturated heterocycles. The van der Waals surface area contributed by atoms with E-state index < -0.39 is 0 Å². The highest BCUT2D eigenvalue weighted by atomic mass is 32.1. The first kappa shape index (κ1) is 19.8. The second-order valence-electron chi connectivity index (χ2n) is 6.80. The van der Waals surface area contributed by atoms with Gasteiger partial charge >= 0.3 is 0 Å². The van der Waals surface area contributed by atoms with E-state index in [0.29, 0.717) is 24.5 Å². The van der Waals surface area contributed by atoms with Crippen LogP contribution in [0.15, 0.2) is 91.1 Å². The average molecular weight is 415 g/mol. The number of hydrogen-bond acceptors (Lipinski definition) is 4. The molecule has 2 heterocycles. The Kier molecular flexibility index (Phi) is 6.15. The molecule has 0 atom stereocenters. The van der Waals surface area contributed by atoms with E-state index in [1.807, 2.05) is 83.1 Å². The first-order chi connectivity index (χ1) is 14.7. The van der Waals surface area contributed by atoms with Gasteiger partial charge in [-0.2, -0.15) is 5.10 Å². The monoisotopic (exact) mass is 414 g/mol. The Morgan fingerprint density at radius 2 is 1.83 bits per heavy atom. The fourth-order valence-corrected chi connectivity index (χ4v) is 4.00. The highest BCUT2D eigenvalue weighted by Gasteiger charge is 2.18. The number of rotatable bonds is 8. The maximum Gasteiger partial charge on any atom is 0.229 e. The normalized spacial score (nSPS) is 10.7. The van der Waals surface area contributed by atoms with Gasteiger partial charge in [0.25, 0.3) is 0 Å². The maximum absolute atomic E-state index is 12.9. The van der Waals surface area contributed by atoms with E-state index in [1.54, 1.807) is 11.0 Å². The predicted octanol–water partition coefficient (Wildman–Crippen LogP) is 5.15. The Bertz CT molecular complexity index is 1120. The number of para-hydroxylation sites is 1. The van der Waals surface area contributed by atoms with Crippen LogP contribution in [0.5, 0.6) is 0 Å². The molecule has 2 aromatic carbocycles. The zero-order valence-electron chi connectivity index (χ0n) is 16.5. The summed E-state index contributed by atoms with van der Waals surface area (Å²) in [5.74, 6) is 0.0244. The summed E-state index contributed by atoms with van der Waals surface area (Å²) in [5, 5.41) is 7.08. The van der Waals surface area contributed by atoms with Crippen molar-refractivity contribution >= 4 is 22.4 Å². The standard InChI is InChI=1S/C24H22N4OS/c1-2-15-27(24-26-22(18-30-24)20-9-5-3-6-10-20)23(29)14-13-19-16-25-28(17-19)21-11-7-4-8-12-21/h2-12,16-18H,1,13-15H2. The number of nitrogens with zero attached hydrogens (tertiary/aromatic N) is 4. The van der Waals surface area contributed by atoms with Crippen LogP contribution in [-0.4, -0.2) is 27.2 Å². The second kappa shape index (κ2) is 9.33. The number of aromatic nitrogens is 3. The van der Waals surface area contributed by atoms with E-state index in [-0.39, 0.29) is 5.91 Å². The summed E-state index contributed by atoms with van der Waals surface area (Å²) in [7, 11) is 0. The molecule has 5 nitrogen and oxygen atoms in total. The number of anilines is 1. The van der Waals surface area contributed by atoms with Crippen molar-refractivity contribution in [3.05, 3.63) is 96.7 Å². The lowest BCUT2D eigenvalue weighted by Gasteiger charge is -2.17. The Morgan fingerprint density at radius 3 is 2.57 bits per heavy atom. The molecule has 0 unspecified atom stereocenters. The molecule has 1 amide bonds. The van der Waals surface area contributed by atoms with Crippen LogP contribution in [0.2, 0.25) is 0 Å². The number of carbonyl (C=O) groups excluding carboxylic acids is 1. The van der Waals surface area contributed by atoms with Crippen LogP contribution in [0.4, 0.5) is 5.13 Å². The smallest absolute Gasteiger partial charge is 0.229 e. The van der Waals surface area contributed by atoms with Gasteiger partial charge in [0, 0.05) is 30.1 Å². The van der Waals surface area contributed by atoms with Gasteiger partial charge in [0.2, 0.25) is 5.91 Å². The molecule has 0 saturated carbocycles. The minimum absolute atomic E-state index is 0.0244. The Balaban J connectivity index is 1.44. The minimum Gasteiger partial charge on any atom is -0.284 e. The van der Waals surface area contributed by atoms with Crippen molar-refractivity contribution in [2.75, 3.05) is 11.4 Å². The van der Waals surface area contributed by atoms with Gasteiger partial charge in [0.1, 0.15) is 0 Å². The van der Waals surface area contributed by atoms with Crippen LogP contribution in [0.25, 0.3) is 16.9 Å². The molecule has 0 aliphatic heterocycles. The van der Waals surface area contributed by atoms with Crippen molar-refractivity contribution in [2.24, 2.45) is 0 Å². The molecule has 0 aliphatic rings. The van der Waals surface area contributed by atoms with E-state index in [1.165, 1.54) is 11.3 Å². The van der Waals surface area contributed by atoms with Crippen molar-refractivity contribution in [3.63, 3.8) is 0 Å². The van der Waals surface area contributed by atoms with Crippen molar-refractivity contribution in [1.29, 1.82) is 0 Å². The van der Waals surface area contributed by atoms with E-state index in [0.717, 1.165) is 22.5 Å². The van der Waals surface area contributed by atoms with Gasteiger partial charge < -0.3 is 0 Å². The molecule has 0 bridgehead atoms. The number of hydrogen-bond donors (Lipinski definition) is 0. The summed E-state index contributed by atoms with van der Waals surface area (Å²) in [6.45, 7) is 4.23. The van der Waals surface area contributed by atoms with Crippen LogP contribution < -0.4 is 4.90 Å². The van der Waals surface area contributed by atoms with Crippen LogP contribution in [0.3, 0.4) is 0 Å². The molecule has 30 heavy (non-hydrogen) atoms. The lowest BCUT2D eigenvalue weighted by atomic mass is 10.2. The number of benzene rings is 2. The van der Waals surface area contributed by atoms with Crippen LogP contribution in [0.1, 0.15) is 12.0 Å². The predicted molar refractivity (Wildman–Crippen MR) is 122 cm³/mol. The third-order valence-corrected chi connectivity index (χ3v) is 5.55. The van der Waals surface area contributed by atoms with Crippen molar-refractivity contribution in [1.82, 2.24) is 14.8 Å². The Hall–Kier alpha value is -3.51. The molecule has 0 fully saturated rings. The summed E-state index contributed by atoms with van der Waals surface area (Å²) in [5.41, 5.74) is 3.94. The molecule has 4 rings (SSSR count). The number of amides is 1. The molecule has 6 heteroatoms. The SMILES string of the molecule is C=CCN(C(=O)CCc1cnn(-c2ccccc2)c1)c1nc(-c2ccccc2)cs1. The van der Waals surface area contributed by atoms with E-state index in [4.69, 9.17) is 0 Å². The summed E-state index contributed by atoms with van der Waals surface area (Å²) < 4.78 is 1.83. The molecule has 2 aromatic heterocycles. The quantitative estimate of drug-likeness (QED) is 0.375. The highest BCUT2D eigenvalue weighted by molar-refractivity contribution is 7.14. The number of thiazole rings is 1. The Labute approximate surface area is 179 Å². The molecular formula is C24H22N4OS. The van der Waals surface area contributed by atoms with Gasteiger partial charge in [0.05, 0.1) is 17.6 Å². The van der Waals surface area contributed by atoms with Gasteiger partial charge in [-0.05, 0) is 24.1 Å². The first-order valence-corrected chi connectivity index (χ1v) is 10.6. The third-order valence-electron chi connectivity index (χ3n) is 4.69. The van der Waals surface area contributed by atoms with Crippen LogP contribution in [0, 0.1) is 0 Å². The van der Waals surface area contributed by atoms with Crippen molar-refractivity contribution in [2.45, 2.75) is 12.8 Å². The molecule has 150 valence electrons. The fraction of sp³-hybridized carbons (Fsp3) is 0.125. The summed E-state index contributed by atoms with van der Waals surface area (Å²) in [6.07, 6.45) is 6.52. The first-order valence-electron chi connectivity index (χ1n) is 9.76. The molecular weight excluding hydrogens is 392 g/mol.